The molecule has 2 atom stereocenters. The van der Waals surface area contributed by atoms with Crippen molar-refractivity contribution in [2.45, 2.75) is 57.7 Å². The molecule has 1 aliphatic carbocycles. The molecule has 2 aromatic rings. The molecule has 2 unspecified atom stereocenters. The van der Waals surface area contributed by atoms with Crippen molar-refractivity contribution in [1.82, 2.24) is 10.3 Å². The molecule has 1 fully saturated rings. The number of nitrogens with one attached hydrogen (secondary N) is 2. The maximum Gasteiger partial charge on any atom is 0.124 e. The Morgan fingerprint density at radius 3 is 2.96 bits per heavy atom. The van der Waals surface area contributed by atoms with Gasteiger partial charge in [-0.2, -0.15) is 0 Å². The van der Waals surface area contributed by atoms with E-state index in [0.717, 1.165) is 54.6 Å². The average Bonchev–Trinajstić information content (AvgIpc) is 3.08. The second-order valence-electron chi connectivity index (χ2n) is 7.89. The number of methoxy groups -OCH3 is 1. The van der Waals surface area contributed by atoms with Crippen LogP contribution < -0.4 is 15.4 Å². The van der Waals surface area contributed by atoms with Crippen LogP contribution in [0.1, 0.15) is 43.5 Å². The summed E-state index contributed by atoms with van der Waals surface area (Å²) in [6.07, 6.45) is 4.62. The molecule has 26 heavy (non-hydrogen) atoms. The van der Waals surface area contributed by atoms with Crippen LogP contribution in [0.4, 0.5) is 10.1 Å². The maximum absolute atomic E-state index is 14.5. The van der Waals surface area contributed by atoms with Crippen molar-refractivity contribution < 1.29 is 9.13 Å². The minimum atomic E-state index is -1.17. The number of anilines is 1. The van der Waals surface area contributed by atoms with Crippen molar-refractivity contribution in [2.75, 3.05) is 25.5 Å². The lowest BCUT2D eigenvalue weighted by Crippen LogP contribution is -2.50. The zero-order valence-electron chi connectivity index (χ0n) is 15.9. The van der Waals surface area contributed by atoms with Crippen molar-refractivity contribution >= 4 is 16.6 Å². The molecule has 0 radical (unpaired) electrons. The van der Waals surface area contributed by atoms with Crippen molar-refractivity contribution in [3.05, 3.63) is 29.0 Å². The van der Waals surface area contributed by atoms with E-state index in [1.807, 2.05) is 0 Å². The van der Waals surface area contributed by atoms with Crippen LogP contribution in [0, 0.1) is 0 Å². The fourth-order valence-corrected chi connectivity index (χ4v) is 4.44. The van der Waals surface area contributed by atoms with Gasteiger partial charge in [0.25, 0.3) is 0 Å². The van der Waals surface area contributed by atoms with Crippen LogP contribution >= 0.6 is 0 Å². The van der Waals surface area contributed by atoms with Gasteiger partial charge in [0.1, 0.15) is 11.4 Å². The van der Waals surface area contributed by atoms with Crippen LogP contribution in [0.3, 0.4) is 0 Å². The predicted molar refractivity (Wildman–Crippen MR) is 104 cm³/mol. The second-order valence-corrected chi connectivity index (χ2v) is 7.89. The zero-order chi connectivity index (χ0) is 18.3. The number of hydrogen-bond donors (Lipinski definition) is 2. The van der Waals surface area contributed by atoms with Crippen LogP contribution in [0.15, 0.2) is 12.1 Å². The van der Waals surface area contributed by atoms with Gasteiger partial charge >= 0.3 is 0 Å². The fourth-order valence-electron chi connectivity index (χ4n) is 4.44. The maximum atomic E-state index is 14.5. The lowest BCUT2D eigenvalue weighted by molar-refractivity contribution is 0.138. The number of nitrogens with zero attached hydrogens (tertiary/aromatic N) is 1. The molecular weight excluding hydrogens is 329 g/mol. The summed E-state index contributed by atoms with van der Waals surface area (Å²) in [4.78, 5) is 4.91. The Kier molecular flexibility index (Phi) is 4.51. The zero-order valence-corrected chi connectivity index (χ0v) is 15.9. The molecule has 0 saturated carbocycles. The Balaban J connectivity index is 1.81. The number of halogens is 1. The third-order valence-electron chi connectivity index (χ3n) is 5.70. The van der Waals surface area contributed by atoms with Crippen LogP contribution in [-0.2, 0) is 19.3 Å². The van der Waals surface area contributed by atoms with Crippen LogP contribution in [0.5, 0.6) is 5.75 Å². The van der Waals surface area contributed by atoms with E-state index >= 15 is 0 Å². The van der Waals surface area contributed by atoms with E-state index in [0.29, 0.717) is 13.0 Å². The molecule has 2 aliphatic rings. The number of aryl methyl sites for hydroxylation is 2. The highest BCUT2D eigenvalue weighted by Crippen LogP contribution is 2.38. The SMILES string of the molecule is CCc1cc2c(NC3CNCC(C)(F)C3)c3c(nc2cc1OC)CCC3. The summed E-state index contributed by atoms with van der Waals surface area (Å²) in [6.45, 7) is 5.03. The average molecular weight is 357 g/mol. The van der Waals surface area contributed by atoms with Gasteiger partial charge in [0.05, 0.1) is 12.6 Å². The number of benzene rings is 1. The van der Waals surface area contributed by atoms with E-state index in [4.69, 9.17) is 9.72 Å². The van der Waals surface area contributed by atoms with Gasteiger partial charge in [0.2, 0.25) is 0 Å². The Morgan fingerprint density at radius 2 is 2.23 bits per heavy atom. The Labute approximate surface area is 154 Å². The first-order chi connectivity index (χ1) is 12.5. The standard InChI is InChI=1S/C21H28FN3O/c1-4-13-8-16-18(9-19(13)26-3)25-17-7-5-6-15(17)20(16)24-14-10-21(2,22)12-23-11-14/h8-9,14,23H,4-7,10-12H2,1-3H3,(H,24,25). The van der Waals surface area contributed by atoms with Gasteiger partial charge in [0, 0.05) is 48.4 Å². The molecule has 4 nitrogen and oxygen atoms in total. The van der Waals surface area contributed by atoms with Gasteiger partial charge in [-0.3, -0.25) is 4.98 Å². The quantitative estimate of drug-likeness (QED) is 0.874. The third kappa shape index (κ3) is 3.13. The summed E-state index contributed by atoms with van der Waals surface area (Å²) in [6, 6.07) is 4.34. The molecule has 1 aromatic carbocycles. The van der Waals surface area contributed by atoms with Gasteiger partial charge in [0.15, 0.2) is 0 Å². The van der Waals surface area contributed by atoms with Crippen molar-refractivity contribution in [1.29, 1.82) is 0 Å². The highest BCUT2D eigenvalue weighted by atomic mass is 19.1. The Morgan fingerprint density at radius 1 is 1.38 bits per heavy atom. The highest BCUT2D eigenvalue weighted by molar-refractivity contribution is 5.95. The van der Waals surface area contributed by atoms with E-state index in [-0.39, 0.29) is 6.04 Å². The number of hydrogen-bond acceptors (Lipinski definition) is 4. The van der Waals surface area contributed by atoms with Gasteiger partial charge in [-0.05, 0) is 49.8 Å². The van der Waals surface area contributed by atoms with Crippen molar-refractivity contribution in [3.8, 4) is 5.75 Å². The molecule has 4 rings (SSSR count). The first-order valence-electron chi connectivity index (χ1n) is 9.69. The predicted octanol–water partition coefficient (Wildman–Crippen LogP) is 3.80. The van der Waals surface area contributed by atoms with E-state index < -0.39 is 5.67 Å². The summed E-state index contributed by atoms with van der Waals surface area (Å²) < 4.78 is 20.1. The van der Waals surface area contributed by atoms with E-state index in [9.17, 15) is 4.39 Å². The van der Waals surface area contributed by atoms with E-state index in [2.05, 4.69) is 29.7 Å². The second kappa shape index (κ2) is 6.69. The molecule has 2 N–H and O–H groups in total. The molecule has 5 heteroatoms. The molecule has 0 bridgehead atoms. The number of piperidine rings is 1. The minimum absolute atomic E-state index is 0.0845. The summed E-state index contributed by atoms with van der Waals surface area (Å²) in [5.41, 5.74) is 4.63. The smallest absolute Gasteiger partial charge is 0.124 e. The Hall–Kier alpha value is -1.88. The van der Waals surface area contributed by atoms with Crippen molar-refractivity contribution in [3.63, 3.8) is 0 Å². The number of fused-ring (bicyclic) bond motifs is 2. The molecule has 0 amide bonds. The van der Waals surface area contributed by atoms with Crippen LogP contribution in [-0.4, -0.2) is 36.9 Å². The topological polar surface area (TPSA) is 46.2 Å². The normalized spacial score (nSPS) is 25.3. The van der Waals surface area contributed by atoms with Crippen molar-refractivity contribution in [2.24, 2.45) is 0 Å². The number of alkyl halides is 1. The number of ether oxygens (including phenoxy) is 1. The molecule has 1 saturated heterocycles. The molecule has 0 spiro atoms. The first kappa shape index (κ1) is 17.5. The minimum Gasteiger partial charge on any atom is -0.496 e. The fraction of sp³-hybridized carbons (Fsp3) is 0.571. The van der Waals surface area contributed by atoms with Gasteiger partial charge < -0.3 is 15.4 Å². The largest absolute Gasteiger partial charge is 0.496 e. The molecule has 1 aliphatic heterocycles. The first-order valence-corrected chi connectivity index (χ1v) is 9.69. The summed E-state index contributed by atoms with van der Waals surface area (Å²) >= 11 is 0. The number of rotatable bonds is 4. The Bertz CT molecular complexity index is 834. The lowest BCUT2D eigenvalue weighted by Gasteiger charge is -2.34. The highest BCUT2D eigenvalue weighted by Gasteiger charge is 2.33. The van der Waals surface area contributed by atoms with Gasteiger partial charge in [-0.15, -0.1) is 0 Å². The molecule has 2 heterocycles. The van der Waals surface area contributed by atoms with E-state index in [1.54, 1.807) is 14.0 Å². The lowest BCUT2D eigenvalue weighted by atomic mass is 9.93. The molecule has 140 valence electrons. The number of aromatic nitrogens is 1. The third-order valence-corrected chi connectivity index (χ3v) is 5.70. The molecular formula is C21H28FN3O. The number of pyridine rings is 1. The monoisotopic (exact) mass is 357 g/mol. The summed E-state index contributed by atoms with van der Waals surface area (Å²) in [5.74, 6) is 0.895. The summed E-state index contributed by atoms with van der Waals surface area (Å²) in [5, 5.41) is 8.05. The van der Waals surface area contributed by atoms with Crippen LogP contribution in [0.25, 0.3) is 10.9 Å². The summed E-state index contributed by atoms with van der Waals surface area (Å²) in [7, 11) is 1.71. The molecule has 1 aromatic heterocycles. The van der Waals surface area contributed by atoms with Gasteiger partial charge in [-0.1, -0.05) is 6.92 Å². The van der Waals surface area contributed by atoms with Gasteiger partial charge in [-0.25, -0.2) is 4.39 Å². The van der Waals surface area contributed by atoms with E-state index in [1.165, 1.54) is 16.8 Å². The van der Waals surface area contributed by atoms with Crippen LogP contribution in [0.2, 0.25) is 0 Å².